The van der Waals surface area contributed by atoms with E-state index in [0.29, 0.717) is 16.8 Å². The van der Waals surface area contributed by atoms with E-state index >= 15 is 0 Å². The number of carboxylic acids is 1. The molecule has 0 fully saturated rings. The molecule has 0 atom stereocenters. The summed E-state index contributed by atoms with van der Waals surface area (Å²) in [6.45, 7) is 10.7. The maximum Gasteiger partial charge on any atom is 0.336 e. The molecule has 100 valence electrons. The molecule has 0 bridgehead atoms. The Morgan fingerprint density at radius 3 is 2.00 bits per heavy atom. The molecule has 1 rings (SSSR count). The molecular formula is C14H21NO3. The molecule has 0 saturated carbocycles. The minimum Gasteiger partial charge on any atom is -0.478 e. The second-order valence-corrected chi connectivity index (χ2v) is 3.87. The number of rotatable bonds is 2. The first-order chi connectivity index (χ1) is 8.34. The number of hydrogen-bond donors (Lipinski definition) is 2. The molecule has 0 aliphatic carbocycles. The number of nitrogens with one attached hydrogen (secondary N) is 1. The van der Waals surface area contributed by atoms with Crippen LogP contribution in [0, 0.1) is 20.8 Å². The quantitative estimate of drug-likeness (QED) is 0.847. The van der Waals surface area contributed by atoms with Gasteiger partial charge in [0.25, 0.3) is 0 Å². The fourth-order valence-corrected chi connectivity index (χ4v) is 1.88. The van der Waals surface area contributed by atoms with E-state index in [1.807, 2.05) is 20.8 Å². The summed E-state index contributed by atoms with van der Waals surface area (Å²) in [6, 6.07) is 1.77. The van der Waals surface area contributed by atoms with E-state index in [2.05, 4.69) is 5.32 Å². The van der Waals surface area contributed by atoms with Gasteiger partial charge in [0.15, 0.2) is 0 Å². The molecule has 0 radical (unpaired) electrons. The van der Waals surface area contributed by atoms with Crippen LogP contribution in [0.4, 0.5) is 5.69 Å². The number of anilines is 1. The summed E-state index contributed by atoms with van der Waals surface area (Å²) in [4.78, 5) is 22.1. The highest BCUT2D eigenvalue weighted by Crippen LogP contribution is 2.26. The Bertz CT molecular complexity index is 465. The van der Waals surface area contributed by atoms with Gasteiger partial charge in [-0.1, -0.05) is 19.9 Å². The van der Waals surface area contributed by atoms with Gasteiger partial charge in [0.2, 0.25) is 5.91 Å². The summed E-state index contributed by atoms with van der Waals surface area (Å²) in [5, 5.41) is 11.7. The standard InChI is InChI=1S/C12H15NO3.C2H6/c1-6-5-7(2)11(13-9(4)14)8(3)10(6)12(15)16;1-2/h5H,1-4H3,(H,13,14)(H,15,16);1-2H3. The van der Waals surface area contributed by atoms with E-state index in [0.717, 1.165) is 5.56 Å². The van der Waals surface area contributed by atoms with Gasteiger partial charge in [-0.3, -0.25) is 4.79 Å². The van der Waals surface area contributed by atoms with Crippen molar-refractivity contribution in [2.24, 2.45) is 0 Å². The molecule has 18 heavy (non-hydrogen) atoms. The number of aryl methyl sites for hydroxylation is 2. The smallest absolute Gasteiger partial charge is 0.336 e. The third kappa shape index (κ3) is 3.58. The number of amides is 1. The monoisotopic (exact) mass is 251 g/mol. The first-order valence-electron chi connectivity index (χ1n) is 5.96. The highest BCUT2D eigenvalue weighted by atomic mass is 16.4. The van der Waals surface area contributed by atoms with Crippen molar-refractivity contribution in [3.63, 3.8) is 0 Å². The summed E-state index contributed by atoms with van der Waals surface area (Å²) in [6.07, 6.45) is 0. The third-order valence-electron chi connectivity index (χ3n) is 2.49. The molecule has 1 amide bonds. The fourth-order valence-electron chi connectivity index (χ4n) is 1.88. The van der Waals surface area contributed by atoms with Crippen molar-refractivity contribution in [2.75, 3.05) is 5.32 Å². The van der Waals surface area contributed by atoms with Crippen molar-refractivity contribution in [3.8, 4) is 0 Å². The van der Waals surface area contributed by atoms with Gasteiger partial charge in [-0.15, -0.1) is 0 Å². The van der Waals surface area contributed by atoms with Crippen LogP contribution in [0.2, 0.25) is 0 Å². The predicted octanol–water partition coefficient (Wildman–Crippen LogP) is 3.29. The summed E-state index contributed by atoms with van der Waals surface area (Å²) >= 11 is 0. The Morgan fingerprint density at radius 2 is 1.61 bits per heavy atom. The molecule has 0 unspecified atom stereocenters. The van der Waals surface area contributed by atoms with Crippen molar-refractivity contribution in [1.29, 1.82) is 0 Å². The lowest BCUT2D eigenvalue weighted by molar-refractivity contribution is -0.114. The van der Waals surface area contributed by atoms with Crippen molar-refractivity contribution in [3.05, 3.63) is 28.3 Å². The molecule has 0 saturated heterocycles. The van der Waals surface area contributed by atoms with E-state index in [4.69, 9.17) is 5.11 Å². The number of benzene rings is 1. The molecule has 0 heterocycles. The zero-order chi connectivity index (χ0) is 14.5. The van der Waals surface area contributed by atoms with Crippen LogP contribution in [0.3, 0.4) is 0 Å². The summed E-state index contributed by atoms with van der Waals surface area (Å²) in [7, 11) is 0. The Morgan fingerprint density at radius 1 is 1.11 bits per heavy atom. The van der Waals surface area contributed by atoms with E-state index in [1.54, 1.807) is 19.9 Å². The molecule has 1 aromatic carbocycles. The molecule has 2 N–H and O–H groups in total. The Balaban J connectivity index is 0.00000137. The van der Waals surface area contributed by atoms with Gasteiger partial charge in [-0.25, -0.2) is 4.79 Å². The minimum absolute atomic E-state index is 0.202. The Kier molecular flexibility index (Phi) is 6.09. The maximum atomic E-state index is 11.1. The zero-order valence-electron chi connectivity index (χ0n) is 11.8. The van der Waals surface area contributed by atoms with Crippen LogP contribution in [0.15, 0.2) is 6.07 Å². The highest BCUT2D eigenvalue weighted by Gasteiger charge is 2.16. The van der Waals surface area contributed by atoms with Crippen LogP contribution in [-0.4, -0.2) is 17.0 Å². The van der Waals surface area contributed by atoms with Crippen LogP contribution in [-0.2, 0) is 4.79 Å². The van der Waals surface area contributed by atoms with E-state index < -0.39 is 5.97 Å². The lowest BCUT2D eigenvalue weighted by Gasteiger charge is -2.14. The van der Waals surface area contributed by atoms with Crippen molar-refractivity contribution in [2.45, 2.75) is 41.5 Å². The molecule has 4 nitrogen and oxygen atoms in total. The normalized spacial score (nSPS) is 9.22. The molecule has 0 spiro atoms. The predicted molar refractivity (Wildman–Crippen MR) is 73.3 cm³/mol. The summed E-state index contributed by atoms with van der Waals surface area (Å²) in [5.74, 6) is -1.17. The van der Waals surface area contributed by atoms with Crippen LogP contribution in [0.1, 0.15) is 47.8 Å². The molecule has 0 aromatic heterocycles. The topological polar surface area (TPSA) is 66.4 Å². The molecule has 1 aromatic rings. The van der Waals surface area contributed by atoms with E-state index in [9.17, 15) is 9.59 Å². The van der Waals surface area contributed by atoms with Gasteiger partial charge in [0, 0.05) is 12.6 Å². The summed E-state index contributed by atoms with van der Waals surface area (Å²) in [5.41, 5.74) is 3.02. The van der Waals surface area contributed by atoms with Gasteiger partial charge in [0.05, 0.1) is 5.56 Å². The lowest BCUT2D eigenvalue weighted by atomic mass is 9.97. The third-order valence-corrected chi connectivity index (χ3v) is 2.49. The highest BCUT2D eigenvalue weighted by molar-refractivity contribution is 5.97. The number of carbonyl (C=O) groups is 2. The number of carbonyl (C=O) groups excluding carboxylic acids is 1. The second kappa shape index (κ2) is 6.79. The van der Waals surface area contributed by atoms with Gasteiger partial charge in [-0.2, -0.15) is 0 Å². The van der Waals surface area contributed by atoms with Crippen LogP contribution in [0.25, 0.3) is 0 Å². The largest absolute Gasteiger partial charge is 0.478 e. The average molecular weight is 251 g/mol. The first kappa shape index (κ1) is 16.2. The van der Waals surface area contributed by atoms with Crippen molar-refractivity contribution in [1.82, 2.24) is 0 Å². The summed E-state index contributed by atoms with van der Waals surface area (Å²) < 4.78 is 0. The van der Waals surface area contributed by atoms with Gasteiger partial charge < -0.3 is 10.4 Å². The number of carboxylic acid groups (broad SMARTS) is 1. The van der Waals surface area contributed by atoms with Crippen LogP contribution < -0.4 is 5.32 Å². The van der Waals surface area contributed by atoms with E-state index in [1.165, 1.54) is 6.92 Å². The maximum absolute atomic E-state index is 11.1. The van der Waals surface area contributed by atoms with Crippen molar-refractivity contribution >= 4 is 17.6 Å². The Hall–Kier alpha value is -1.84. The fraction of sp³-hybridized carbons (Fsp3) is 0.429. The molecule has 4 heteroatoms. The first-order valence-corrected chi connectivity index (χ1v) is 5.96. The minimum atomic E-state index is -0.971. The second-order valence-electron chi connectivity index (χ2n) is 3.87. The average Bonchev–Trinajstić information content (AvgIpc) is 2.26. The van der Waals surface area contributed by atoms with Crippen molar-refractivity contribution < 1.29 is 14.7 Å². The Labute approximate surface area is 108 Å². The lowest BCUT2D eigenvalue weighted by Crippen LogP contribution is -2.12. The zero-order valence-corrected chi connectivity index (χ0v) is 11.8. The van der Waals surface area contributed by atoms with Gasteiger partial charge >= 0.3 is 5.97 Å². The van der Waals surface area contributed by atoms with Gasteiger partial charge in [-0.05, 0) is 37.5 Å². The van der Waals surface area contributed by atoms with Gasteiger partial charge in [0.1, 0.15) is 0 Å². The van der Waals surface area contributed by atoms with Crippen LogP contribution >= 0.6 is 0 Å². The number of aromatic carboxylic acids is 1. The molecular weight excluding hydrogens is 230 g/mol. The van der Waals surface area contributed by atoms with E-state index in [-0.39, 0.29) is 11.5 Å². The van der Waals surface area contributed by atoms with Crippen LogP contribution in [0.5, 0.6) is 0 Å². The number of hydrogen-bond acceptors (Lipinski definition) is 2. The SMILES string of the molecule is CC.CC(=O)Nc1c(C)cc(C)c(C(=O)O)c1C. The molecule has 0 aliphatic rings. The molecule has 0 aliphatic heterocycles.